The third-order valence-electron chi connectivity index (χ3n) is 1.18. The highest BCUT2D eigenvalue weighted by Crippen LogP contribution is 2.39. The Hall–Kier alpha value is 0.230. The fraction of sp³-hybridized carbons (Fsp3) is 0.143. The van der Waals surface area contributed by atoms with Gasteiger partial charge in [0, 0.05) is 16.1 Å². The monoisotopic (exact) mass is 324 g/mol. The summed E-state index contributed by atoms with van der Waals surface area (Å²) in [5.41, 5.74) is -3.83. The number of ether oxygens (including phenoxy) is 1. The van der Waals surface area contributed by atoms with Gasteiger partial charge in [0.05, 0.1) is 10.0 Å². The smallest absolute Gasteiger partial charge is 0.417 e. The summed E-state index contributed by atoms with van der Waals surface area (Å²) in [5, 5.41) is -0.102. The van der Waals surface area contributed by atoms with E-state index in [0.717, 1.165) is 0 Å². The second-order valence-corrected chi connectivity index (χ2v) is 4.42. The van der Waals surface area contributed by atoms with E-state index in [-0.39, 0.29) is 15.8 Å². The van der Waals surface area contributed by atoms with Crippen molar-refractivity contribution in [3.05, 3.63) is 26.7 Å². The highest BCUT2D eigenvalue weighted by molar-refractivity contribution is 9.10. The Morgan fingerprint density at radius 3 is 2.00 bits per heavy atom. The van der Waals surface area contributed by atoms with Crippen molar-refractivity contribution in [2.45, 2.75) is 5.57 Å². The minimum Gasteiger partial charge on any atom is -0.417 e. The summed E-state index contributed by atoms with van der Waals surface area (Å²) in [5.74, 6) is -0.350. The van der Waals surface area contributed by atoms with E-state index in [1.54, 1.807) is 0 Å². The van der Waals surface area contributed by atoms with Crippen molar-refractivity contribution in [3.8, 4) is 5.75 Å². The average Bonchev–Trinajstić information content (AvgIpc) is 1.95. The first-order valence-electron chi connectivity index (χ1n) is 3.20. The number of rotatable bonds is 2. The first-order chi connectivity index (χ1) is 6.29. The zero-order valence-corrected chi connectivity index (χ0v) is 10.2. The quantitative estimate of drug-likeness (QED) is 0.701. The van der Waals surface area contributed by atoms with Crippen LogP contribution in [0, 0.1) is 0 Å². The zero-order valence-electron chi connectivity index (χ0n) is 6.33. The maximum Gasteiger partial charge on any atom is 0.487 e. The van der Waals surface area contributed by atoms with Gasteiger partial charge in [0.2, 0.25) is 0 Å². The van der Waals surface area contributed by atoms with Gasteiger partial charge in [-0.3, -0.25) is 0 Å². The molecule has 0 aromatic heterocycles. The predicted octanol–water partition coefficient (Wildman–Crippen LogP) is 4.92. The van der Waals surface area contributed by atoms with Gasteiger partial charge >= 0.3 is 5.57 Å². The largest absolute Gasteiger partial charge is 0.487 e. The first kappa shape index (κ1) is 12.3. The molecule has 1 aromatic rings. The van der Waals surface area contributed by atoms with Crippen LogP contribution >= 0.6 is 50.7 Å². The van der Waals surface area contributed by atoms with Gasteiger partial charge in [0.25, 0.3) is 0 Å². The van der Waals surface area contributed by atoms with Crippen molar-refractivity contribution in [2.75, 3.05) is 0 Å². The third-order valence-corrected chi connectivity index (χ3v) is 2.28. The van der Waals surface area contributed by atoms with Crippen LogP contribution in [0.1, 0.15) is 0 Å². The first-order valence-corrected chi connectivity index (χ1v) is 5.12. The number of benzene rings is 1. The topological polar surface area (TPSA) is 9.23 Å². The molecule has 0 aliphatic rings. The van der Waals surface area contributed by atoms with Gasteiger partial charge in [0.15, 0.2) is 5.75 Å². The standard InChI is InChI=1S/C7H2BrCl3F2O/c8-3-1-4(9)6(5(10)2-3)14-7(11,12)13/h1-2H. The number of hydrogen-bond acceptors (Lipinski definition) is 1. The second-order valence-electron chi connectivity index (χ2n) is 2.25. The lowest BCUT2D eigenvalue weighted by Gasteiger charge is -2.13. The van der Waals surface area contributed by atoms with E-state index in [1.807, 2.05) is 0 Å². The molecule has 0 amide bonds. The lowest BCUT2D eigenvalue weighted by molar-refractivity contribution is -0.0963. The predicted molar refractivity (Wildman–Crippen MR) is 55.6 cm³/mol. The molecule has 0 radical (unpaired) electrons. The molecule has 0 aliphatic carbocycles. The average molecular weight is 326 g/mol. The Morgan fingerprint density at radius 2 is 1.64 bits per heavy atom. The Bertz CT molecular complexity index is 330. The molecule has 1 nitrogen and oxygen atoms in total. The molecule has 78 valence electrons. The molecule has 0 saturated heterocycles. The summed E-state index contributed by atoms with van der Waals surface area (Å²) in [4.78, 5) is 0. The molecule has 0 bridgehead atoms. The molecule has 0 N–H and O–H groups in total. The summed E-state index contributed by atoms with van der Waals surface area (Å²) in [7, 11) is 0. The highest BCUT2D eigenvalue weighted by atomic mass is 79.9. The molecular formula is C7H2BrCl3F2O. The van der Waals surface area contributed by atoms with Crippen molar-refractivity contribution in [2.24, 2.45) is 0 Å². The van der Waals surface area contributed by atoms with Crippen LogP contribution in [0.15, 0.2) is 16.6 Å². The van der Waals surface area contributed by atoms with Gasteiger partial charge in [-0.1, -0.05) is 39.1 Å². The fourth-order valence-corrected chi connectivity index (χ4v) is 2.10. The minimum atomic E-state index is -3.83. The Morgan fingerprint density at radius 1 is 1.21 bits per heavy atom. The van der Waals surface area contributed by atoms with Crippen LogP contribution in [0.3, 0.4) is 0 Å². The molecule has 0 heterocycles. The fourth-order valence-electron chi connectivity index (χ4n) is 0.742. The molecule has 0 saturated carbocycles. The molecule has 14 heavy (non-hydrogen) atoms. The van der Waals surface area contributed by atoms with E-state index in [4.69, 9.17) is 23.2 Å². The number of hydrogen-bond donors (Lipinski definition) is 0. The van der Waals surface area contributed by atoms with Crippen LogP contribution in [0.4, 0.5) is 8.78 Å². The molecule has 0 fully saturated rings. The summed E-state index contributed by atoms with van der Waals surface area (Å²) in [6.45, 7) is 0. The van der Waals surface area contributed by atoms with E-state index in [2.05, 4.69) is 32.3 Å². The maximum absolute atomic E-state index is 12.3. The lowest BCUT2D eigenvalue weighted by atomic mass is 10.3. The SMILES string of the molecule is FC(F)(Cl)Oc1c(Cl)cc(Br)cc1Cl. The van der Waals surface area contributed by atoms with Crippen LogP contribution in [0.5, 0.6) is 5.75 Å². The van der Waals surface area contributed by atoms with Crippen molar-refractivity contribution < 1.29 is 13.5 Å². The van der Waals surface area contributed by atoms with Crippen LogP contribution in [0.25, 0.3) is 0 Å². The van der Waals surface area contributed by atoms with Gasteiger partial charge < -0.3 is 4.74 Å². The Kier molecular flexibility index (Phi) is 3.86. The second kappa shape index (κ2) is 4.39. The molecular weight excluding hydrogens is 324 g/mol. The summed E-state index contributed by atoms with van der Waals surface area (Å²) in [6, 6.07) is 2.73. The summed E-state index contributed by atoms with van der Waals surface area (Å²) < 4.78 is 29.2. The minimum absolute atomic E-state index is 0.0512. The van der Waals surface area contributed by atoms with E-state index >= 15 is 0 Å². The van der Waals surface area contributed by atoms with E-state index in [0.29, 0.717) is 4.47 Å². The van der Waals surface area contributed by atoms with E-state index in [1.165, 1.54) is 12.1 Å². The van der Waals surface area contributed by atoms with Crippen molar-refractivity contribution in [3.63, 3.8) is 0 Å². The van der Waals surface area contributed by atoms with E-state index < -0.39 is 5.57 Å². The summed E-state index contributed by atoms with van der Waals surface area (Å²) >= 11 is 18.9. The van der Waals surface area contributed by atoms with E-state index in [9.17, 15) is 8.78 Å². The highest BCUT2D eigenvalue weighted by Gasteiger charge is 2.30. The normalized spacial score (nSPS) is 11.6. The van der Waals surface area contributed by atoms with Crippen molar-refractivity contribution in [1.29, 1.82) is 0 Å². The van der Waals surface area contributed by atoms with Crippen LogP contribution in [-0.4, -0.2) is 5.57 Å². The van der Waals surface area contributed by atoms with Gasteiger partial charge in [-0.2, -0.15) is 0 Å². The molecule has 0 aliphatic heterocycles. The van der Waals surface area contributed by atoms with Crippen LogP contribution in [-0.2, 0) is 0 Å². The lowest BCUT2D eigenvalue weighted by Crippen LogP contribution is -2.16. The zero-order chi connectivity index (χ0) is 10.9. The summed E-state index contributed by atoms with van der Waals surface area (Å²) in [6.07, 6.45) is 0. The Labute approximate surface area is 102 Å². The third kappa shape index (κ3) is 3.42. The van der Waals surface area contributed by atoms with Crippen molar-refractivity contribution >= 4 is 50.7 Å². The Balaban J connectivity index is 3.09. The molecule has 0 unspecified atom stereocenters. The van der Waals surface area contributed by atoms with Gasteiger partial charge in [0.1, 0.15) is 0 Å². The van der Waals surface area contributed by atoms with Gasteiger partial charge in [-0.05, 0) is 12.1 Å². The molecule has 7 heteroatoms. The molecule has 0 atom stereocenters. The molecule has 0 spiro atoms. The van der Waals surface area contributed by atoms with Gasteiger partial charge in [-0.25, -0.2) is 0 Å². The molecule has 1 rings (SSSR count). The van der Waals surface area contributed by atoms with Crippen molar-refractivity contribution in [1.82, 2.24) is 0 Å². The van der Waals surface area contributed by atoms with Crippen LogP contribution < -0.4 is 4.74 Å². The van der Waals surface area contributed by atoms with Gasteiger partial charge in [-0.15, -0.1) is 8.78 Å². The number of halogens is 6. The number of alkyl halides is 3. The maximum atomic E-state index is 12.3. The van der Waals surface area contributed by atoms with Crippen LogP contribution in [0.2, 0.25) is 10.0 Å². The molecule has 1 aromatic carbocycles.